The van der Waals surface area contributed by atoms with Crippen LogP contribution in [0.5, 0.6) is 0 Å². The largest absolute Gasteiger partial charge is 0.376 e. The molecule has 0 N–H and O–H groups in total. The number of amides is 1. The highest BCUT2D eigenvalue weighted by molar-refractivity contribution is 5.77. The standard InChI is InChI=1S/C19H29N3O3/c1-3-24-13-18(23)22-8-6-19(15-22)14-21(2)10-17(19)12-25-11-16-5-4-7-20-9-16/h4-5,7,9,17H,3,6,8,10-15H2,1-2H3/t17-,19+/m1/s1. The van der Waals surface area contributed by atoms with E-state index in [9.17, 15) is 4.79 Å². The molecular formula is C19H29N3O3. The van der Waals surface area contributed by atoms with Crippen LogP contribution < -0.4 is 0 Å². The Labute approximate surface area is 150 Å². The molecule has 2 saturated heterocycles. The van der Waals surface area contributed by atoms with Crippen molar-refractivity contribution in [1.82, 2.24) is 14.8 Å². The van der Waals surface area contributed by atoms with Gasteiger partial charge in [0.1, 0.15) is 6.61 Å². The first kappa shape index (κ1) is 18.3. The number of pyridine rings is 1. The summed E-state index contributed by atoms with van der Waals surface area (Å²) >= 11 is 0. The Bertz CT molecular complexity index is 568. The Kier molecular flexibility index (Phi) is 6.04. The maximum atomic E-state index is 12.3. The highest BCUT2D eigenvalue weighted by atomic mass is 16.5. The third kappa shape index (κ3) is 4.37. The van der Waals surface area contributed by atoms with Crippen LogP contribution in [-0.4, -0.2) is 73.7 Å². The van der Waals surface area contributed by atoms with Gasteiger partial charge >= 0.3 is 0 Å². The van der Waals surface area contributed by atoms with Crippen LogP contribution in [0, 0.1) is 11.3 Å². The number of carbonyl (C=O) groups excluding carboxylic acids is 1. The molecule has 0 aliphatic carbocycles. The third-order valence-electron chi connectivity index (χ3n) is 5.46. The van der Waals surface area contributed by atoms with Gasteiger partial charge < -0.3 is 19.3 Å². The summed E-state index contributed by atoms with van der Waals surface area (Å²) in [5.41, 5.74) is 1.26. The van der Waals surface area contributed by atoms with Gasteiger partial charge in [0.05, 0.1) is 13.2 Å². The quantitative estimate of drug-likeness (QED) is 0.747. The molecule has 2 fully saturated rings. The molecule has 1 amide bonds. The number of nitrogens with zero attached hydrogens (tertiary/aromatic N) is 3. The normalized spacial score (nSPS) is 26.6. The van der Waals surface area contributed by atoms with E-state index in [0.29, 0.717) is 19.1 Å². The Morgan fingerprint density at radius 2 is 2.28 bits per heavy atom. The number of hydrogen-bond acceptors (Lipinski definition) is 5. The van der Waals surface area contributed by atoms with Gasteiger partial charge in [0, 0.05) is 56.5 Å². The fraction of sp³-hybridized carbons (Fsp3) is 0.684. The molecule has 0 bridgehead atoms. The van der Waals surface area contributed by atoms with Crippen molar-refractivity contribution in [2.75, 3.05) is 53.0 Å². The molecule has 6 heteroatoms. The minimum atomic E-state index is 0.114. The highest BCUT2D eigenvalue weighted by Crippen LogP contribution is 2.43. The maximum absolute atomic E-state index is 12.3. The highest BCUT2D eigenvalue weighted by Gasteiger charge is 2.50. The van der Waals surface area contributed by atoms with Crippen molar-refractivity contribution in [3.05, 3.63) is 30.1 Å². The Morgan fingerprint density at radius 1 is 1.40 bits per heavy atom. The molecule has 1 aromatic rings. The Hall–Kier alpha value is -1.50. The molecule has 0 saturated carbocycles. The van der Waals surface area contributed by atoms with E-state index in [4.69, 9.17) is 9.47 Å². The van der Waals surface area contributed by atoms with Crippen LogP contribution in [-0.2, 0) is 20.9 Å². The molecular weight excluding hydrogens is 318 g/mol. The Morgan fingerprint density at radius 3 is 3.04 bits per heavy atom. The summed E-state index contributed by atoms with van der Waals surface area (Å²) in [6.07, 6.45) is 4.67. The number of rotatable bonds is 7. The lowest BCUT2D eigenvalue weighted by Gasteiger charge is -2.30. The minimum absolute atomic E-state index is 0.114. The average molecular weight is 347 g/mol. The molecule has 0 aromatic carbocycles. The maximum Gasteiger partial charge on any atom is 0.248 e. The summed E-state index contributed by atoms with van der Waals surface area (Å²) in [4.78, 5) is 20.8. The molecule has 1 aromatic heterocycles. The first-order chi connectivity index (χ1) is 12.1. The van der Waals surface area contributed by atoms with E-state index in [1.807, 2.05) is 30.2 Å². The zero-order valence-electron chi connectivity index (χ0n) is 15.3. The zero-order chi connectivity index (χ0) is 17.7. The van der Waals surface area contributed by atoms with Crippen molar-refractivity contribution < 1.29 is 14.3 Å². The fourth-order valence-corrected chi connectivity index (χ4v) is 4.18. The van der Waals surface area contributed by atoms with Crippen molar-refractivity contribution in [1.29, 1.82) is 0 Å². The average Bonchev–Trinajstić information content (AvgIpc) is 3.17. The number of ether oxygens (including phenoxy) is 2. The summed E-state index contributed by atoms with van der Waals surface area (Å²) in [6, 6.07) is 3.97. The molecule has 2 aliphatic heterocycles. The van der Waals surface area contributed by atoms with Gasteiger partial charge in [-0.05, 0) is 32.0 Å². The monoisotopic (exact) mass is 347 g/mol. The van der Waals surface area contributed by atoms with E-state index in [1.54, 1.807) is 6.20 Å². The van der Waals surface area contributed by atoms with Crippen LogP contribution in [0.15, 0.2) is 24.5 Å². The van der Waals surface area contributed by atoms with E-state index in [2.05, 4.69) is 16.9 Å². The third-order valence-corrected chi connectivity index (χ3v) is 5.46. The van der Waals surface area contributed by atoms with Gasteiger partial charge in [-0.25, -0.2) is 0 Å². The number of likely N-dealkylation sites (tertiary alicyclic amines) is 2. The van der Waals surface area contributed by atoms with Gasteiger partial charge in [0.25, 0.3) is 0 Å². The summed E-state index contributed by atoms with van der Waals surface area (Å²) in [5, 5.41) is 0. The Balaban J connectivity index is 1.55. The molecule has 25 heavy (non-hydrogen) atoms. The van der Waals surface area contributed by atoms with Crippen molar-refractivity contribution in [2.24, 2.45) is 11.3 Å². The molecule has 2 aliphatic rings. The summed E-state index contributed by atoms with van der Waals surface area (Å²) < 4.78 is 11.3. The molecule has 6 nitrogen and oxygen atoms in total. The smallest absolute Gasteiger partial charge is 0.248 e. The van der Waals surface area contributed by atoms with Crippen molar-refractivity contribution in [3.63, 3.8) is 0 Å². The zero-order valence-corrected chi connectivity index (χ0v) is 15.3. The molecule has 138 valence electrons. The van der Waals surface area contributed by atoms with Gasteiger partial charge in [-0.15, -0.1) is 0 Å². The van der Waals surface area contributed by atoms with Crippen molar-refractivity contribution in [3.8, 4) is 0 Å². The minimum Gasteiger partial charge on any atom is -0.376 e. The van der Waals surface area contributed by atoms with Gasteiger partial charge in [0.2, 0.25) is 5.91 Å². The van der Waals surface area contributed by atoms with E-state index in [0.717, 1.165) is 44.8 Å². The lowest BCUT2D eigenvalue weighted by atomic mass is 9.77. The molecule has 0 radical (unpaired) electrons. The topological polar surface area (TPSA) is 54.9 Å². The molecule has 1 spiro atoms. The van der Waals surface area contributed by atoms with Crippen LogP contribution in [0.4, 0.5) is 0 Å². The van der Waals surface area contributed by atoms with E-state index in [-0.39, 0.29) is 17.9 Å². The van der Waals surface area contributed by atoms with Crippen LogP contribution >= 0.6 is 0 Å². The summed E-state index contributed by atoms with van der Waals surface area (Å²) in [7, 11) is 2.16. The number of carbonyl (C=O) groups is 1. The predicted molar refractivity (Wildman–Crippen MR) is 95.0 cm³/mol. The van der Waals surface area contributed by atoms with Gasteiger partial charge in [0.15, 0.2) is 0 Å². The molecule has 3 rings (SSSR count). The van der Waals surface area contributed by atoms with Gasteiger partial charge in [-0.2, -0.15) is 0 Å². The van der Waals surface area contributed by atoms with Crippen LogP contribution in [0.3, 0.4) is 0 Å². The van der Waals surface area contributed by atoms with Crippen molar-refractivity contribution >= 4 is 5.91 Å². The summed E-state index contributed by atoms with van der Waals surface area (Å²) in [5.74, 6) is 0.572. The van der Waals surface area contributed by atoms with E-state index >= 15 is 0 Å². The second-order valence-electron chi connectivity index (χ2n) is 7.33. The second kappa shape index (κ2) is 8.25. The predicted octanol–water partition coefficient (Wildman–Crippen LogP) is 1.42. The van der Waals surface area contributed by atoms with E-state index < -0.39 is 0 Å². The van der Waals surface area contributed by atoms with Crippen LogP contribution in [0.25, 0.3) is 0 Å². The second-order valence-corrected chi connectivity index (χ2v) is 7.33. The fourth-order valence-electron chi connectivity index (χ4n) is 4.18. The van der Waals surface area contributed by atoms with Crippen molar-refractivity contribution in [2.45, 2.75) is 20.0 Å². The first-order valence-electron chi connectivity index (χ1n) is 9.14. The lowest BCUT2D eigenvalue weighted by Crippen LogP contribution is -2.39. The molecule has 2 atom stereocenters. The molecule has 0 unspecified atom stereocenters. The lowest BCUT2D eigenvalue weighted by molar-refractivity contribution is -0.135. The van der Waals surface area contributed by atoms with E-state index in [1.165, 1.54) is 0 Å². The van der Waals surface area contributed by atoms with Gasteiger partial charge in [-0.1, -0.05) is 6.07 Å². The summed E-state index contributed by atoms with van der Waals surface area (Å²) in [6.45, 7) is 7.74. The SMILES string of the molecule is CCOCC(=O)N1CC[C@]2(CN(C)C[C@@H]2COCc2cccnc2)C1. The number of hydrogen-bond donors (Lipinski definition) is 0. The van der Waals surface area contributed by atoms with Crippen LogP contribution in [0.1, 0.15) is 18.9 Å². The van der Waals surface area contributed by atoms with Gasteiger partial charge in [-0.3, -0.25) is 9.78 Å². The first-order valence-corrected chi connectivity index (χ1v) is 9.14. The number of aromatic nitrogens is 1. The van der Waals surface area contributed by atoms with Crippen LogP contribution in [0.2, 0.25) is 0 Å². The molecule has 3 heterocycles.